The molecule has 4 aliphatic rings. The molecule has 150 valence electrons. The molecule has 1 saturated heterocycles. The number of fused-ring (bicyclic) bond motifs is 1. The highest BCUT2D eigenvalue weighted by Gasteiger charge is 2.49. The van der Waals surface area contributed by atoms with Gasteiger partial charge >= 0.3 is 5.97 Å². The first kappa shape index (κ1) is 18.6. The summed E-state index contributed by atoms with van der Waals surface area (Å²) in [5.74, 6) is -5.21. The summed E-state index contributed by atoms with van der Waals surface area (Å²) in [4.78, 5) is 26.9. The molecule has 0 aromatic heterocycles. The summed E-state index contributed by atoms with van der Waals surface area (Å²) < 4.78 is 30.4. The summed E-state index contributed by atoms with van der Waals surface area (Å²) in [6.45, 7) is 0.224. The van der Waals surface area contributed by atoms with Crippen molar-refractivity contribution in [3.8, 4) is 0 Å². The Kier molecular flexibility index (Phi) is 4.45. The monoisotopic (exact) mass is 394 g/mol. The summed E-state index contributed by atoms with van der Waals surface area (Å²) in [7, 11) is 0. The molecule has 0 radical (unpaired) electrons. The van der Waals surface area contributed by atoms with Gasteiger partial charge in [-0.15, -0.1) is 0 Å². The predicted octanol–water partition coefficient (Wildman–Crippen LogP) is 0.898. The van der Waals surface area contributed by atoms with Gasteiger partial charge in [0.2, 0.25) is 0 Å². The van der Waals surface area contributed by atoms with Crippen molar-refractivity contribution in [1.29, 1.82) is 0 Å². The van der Waals surface area contributed by atoms with E-state index in [0.29, 0.717) is 6.42 Å². The molecule has 0 aromatic carbocycles. The van der Waals surface area contributed by atoms with Crippen molar-refractivity contribution in [3.05, 3.63) is 35.2 Å². The topological polar surface area (TPSA) is 119 Å². The maximum atomic E-state index is 15.5. The number of nitrogens with two attached hydrogens (primary N) is 1. The summed E-state index contributed by atoms with van der Waals surface area (Å²) in [5.41, 5.74) is 5.30. The predicted molar refractivity (Wildman–Crippen MR) is 93.6 cm³/mol. The van der Waals surface area contributed by atoms with Gasteiger partial charge in [0.15, 0.2) is 5.78 Å². The Morgan fingerprint density at radius 3 is 2.61 bits per heavy atom. The van der Waals surface area contributed by atoms with Gasteiger partial charge in [-0.25, -0.2) is 13.6 Å². The van der Waals surface area contributed by atoms with Crippen LogP contribution in [0.5, 0.6) is 0 Å². The Bertz CT molecular complexity index is 862. The average Bonchev–Trinajstić information content (AvgIpc) is 3.48. The number of halogens is 2. The smallest absolute Gasteiger partial charge is 0.340 e. The van der Waals surface area contributed by atoms with Gasteiger partial charge in [0.05, 0.1) is 24.2 Å². The highest BCUT2D eigenvalue weighted by Crippen LogP contribution is 2.44. The SMILES string of the molecule is NC1CCN(C2=C(F)C3C(C=C2F)C(=O)C(C(=O)O)=CN3C2CC2)CC1=NO. The lowest BCUT2D eigenvalue weighted by Crippen LogP contribution is -2.52. The zero-order valence-electron chi connectivity index (χ0n) is 14.9. The first-order valence-corrected chi connectivity index (χ1v) is 9.09. The van der Waals surface area contributed by atoms with E-state index in [0.717, 1.165) is 18.9 Å². The molecular formula is C18H20F2N4O4. The van der Waals surface area contributed by atoms with E-state index in [1.807, 2.05) is 0 Å². The van der Waals surface area contributed by atoms with Gasteiger partial charge in [-0.2, -0.15) is 0 Å². The Morgan fingerprint density at radius 2 is 2.00 bits per heavy atom. The molecule has 1 saturated carbocycles. The fraction of sp³-hybridized carbons (Fsp3) is 0.500. The van der Waals surface area contributed by atoms with Gasteiger partial charge in [0.1, 0.15) is 22.9 Å². The molecule has 10 heteroatoms. The number of carbonyl (C=O) groups is 2. The summed E-state index contributed by atoms with van der Waals surface area (Å²) in [6, 6.07) is -1.66. The average molecular weight is 394 g/mol. The minimum absolute atomic E-state index is 0.0351. The molecule has 3 unspecified atom stereocenters. The van der Waals surface area contributed by atoms with E-state index >= 15 is 4.39 Å². The van der Waals surface area contributed by atoms with Crippen molar-refractivity contribution in [2.45, 2.75) is 37.4 Å². The molecule has 2 aliphatic heterocycles. The molecule has 0 spiro atoms. The number of Topliss-reactive ketones (excluding diaryl/α,β-unsaturated/α-hetero) is 1. The molecule has 8 nitrogen and oxygen atoms in total. The normalized spacial score (nSPS) is 32.3. The third-order valence-electron chi connectivity index (χ3n) is 5.68. The standard InChI is InChI=1S/C18H20F2N4O4/c19-11-5-9-15(24(8-1-2-8)6-10(17(9)25)18(26)27)14(20)16(11)23-4-3-12(21)13(7-23)22-28/h5-6,8-9,12,15,28H,1-4,7,21H2,(H,26,27). The fourth-order valence-electron chi connectivity index (χ4n) is 4.07. The quantitative estimate of drug-likeness (QED) is 0.370. The number of hydrogen-bond acceptors (Lipinski definition) is 7. The van der Waals surface area contributed by atoms with Gasteiger partial charge in [-0.05, 0) is 25.3 Å². The van der Waals surface area contributed by atoms with Crippen LogP contribution in [0.1, 0.15) is 19.3 Å². The maximum Gasteiger partial charge on any atom is 0.340 e. The molecule has 2 aliphatic carbocycles. The number of hydrogen-bond donors (Lipinski definition) is 3. The third-order valence-corrected chi connectivity index (χ3v) is 5.68. The van der Waals surface area contributed by atoms with Crippen molar-refractivity contribution in [2.75, 3.05) is 13.1 Å². The number of carbonyl (C=O) groups excluding carboxylic acids is 1. The number of rotatable bonds is 3. The van der Waals surface area contributed by atoms with E-state index in [-0.39, 0.29) is 30.5 Å². The second-order valence-corrected chi connectivity index (χ2v) is 7.48. The number of aliphatic carboxylic acids is 1. The van der Waals surface area contributed by atoms with E-state index in [1.165, 1.54) is 16.0 Å². The van der Waals surface area contributed by atoms with Gasteiger partial charge in [-0.1, -0.05) is 5.16 Å². The van der Waals surface area contributed by atoms with Crippen LogP contribution in [-0.2, 0) is 9.59 Å². The molecule has 2 heterocycles. The second-order valence-electron chi connectivity index (χ2n) is 7.48. The highest BCUT2D eigenvalue weighted by molar-refractivity contribution is 6.18. The molecule has 28 heavy (non-hydrogen) atoms. The van der Waals surface area contributed by atoms with Crippen LogP contribution < -0.4 is 5.73 Å². The molecular weight excluding hydrogens is 374 g/mol. The minimum Gasteiger partial charge on any atom is -0.478 e. The largest absolute Gasteiger partial charge is 0.478 e. The first-order chi connectivity index (χ1) is 13.3. The van der Waals surface area contributed by atoms with E-state index in [1.54, 1.807) is 0 Å². The number of carboxylic acid groups (broad SMARTS) is 1. The lowest BCUT2D eigenvalue weighted by molar-refractivity contribution is -0.136. The molecule has 4 N–H and O–H groups in total. The Labute approximate surface area is 159 Å². The van der Waals surface area contributed by atoms with E-state index in [4.69, 9.17) is 10.9 Å². The van der Waals surface area contributed by atoms with Crippen LogP contribution >= 0.6 is 0 Å². The molecule has 2 fully saturated rings. The maximum absolute atomic E-state index is 15.5. The summed E-state index contributed by atoms with van der Waals surface area (Å²) in [6.07, 6.45) is 4.03. The van der Waals surface area contributed by atoms with Crippen molar-refractivity contribution in [3.63, 3.8) is 0 Å². The van der Waals surface area contributed by atoms with E-state index in [2.05, 4.69) is 5.16 Å². The number of ketones is 1. The van der Waals surface area contributed by atoms with Crippen molar-refractivity contribution < 1.29 is 28.7 Å². The number of nitrogens with zero attached hydrogens (tertiary/aromatic N) is 3. The van der Waals surface area contributed by atoms with E-state index in [9.17, 15) is 19.1 Å². The number of oxime groups is 1. The first-order valence-electron chi connectivity index (χ1n) is 9.09. The van der Waals surface area contributed by atoms with Crippen LogP contribution in [-0.4, -0.2) is 68.8 Å². The van der Waals surface area contributed by atoms with Gasteiger partial charge in [0, 0.05) is 24.8 Å². The molecule has 0 amide bonds. The second kappa shape index (κ2) is 6.69. The third kappa shape index (κ3) is 2.88. The van der Waals surface area contributed by atoms with Crippen molar-refractivity contribution >= 4 is 17.5 Å². The fourth-order valence-corrected chi connectivity index (χ4v) is 4.07. The van der Waals surface area contributed by atoms with Crippen LogP contribution in [0.2, 0.25) is 0 Å². The zero-order chi connectivity index (χ0) is 20.2. The Morgan fingerprint density at radius 1 is 1.29 bits per heavy atom. The molecule has 3 atom stereocenters. The van der Waals surface area contributed by atoms with Crippen LogP contribution in [0.4, 0.5) is 8.78 Å². The molecule has 4 rings (SSSR count). The minimum atomic E-state index is -1.41. The van der Waals surface area contributed by atoms with Gasteiger partial charge in [-0.3, -0.25) is 4.79 Å². The van der Waals surface area contributed by atoms with Crippen molar-refractivity contribution in [2.24, 2.45) is 16.8 Å². The highest BCUT2D eigenvalue weighted by atomic mass is 19.1. The van der Waals surface area contributed by atoms with Crippen molar-refractivity contribution in [1.82, 2.24) is 9.80 Å². The lowest BCUT2D eigenvalue weighted by atomic mass is 9.81. The summed E-state index contributed by atoms with van der Waals surface area (Å²) >= 11 is 0. The molecule has 0 bridgehead atoms. The van der Waals surface area contributed by atoms with E-state index < -0.39 is 47.0 Å². The van der Waals surface area contributed by atoms with Gasteiger partial charge < -0.3 is 25.8 Å². The Hall–Kier alpha value is -2.75. The lowest BCUT2D eigenvalue weighted by Gasteiger charge is -2.42. The van der Waals surface area contributed by atoms with Crippen LogP contribution in [0, 0.1) is 5.92 Å². The zero-order valence-corrected chi connectivity index (χ0v) is 14.9. The Balaban J connectivity index is 1.75. The molecule has 0 aromatic rings. The number of allylic oxidation sites excluding steroid dienone is 1. The number of likely N-dealkylation sites (tertiary alicyclic amines) is 1. The van der Waals surface area contributed by atoms with Crippen LogP contribution in [0.15, 0.2) is 40.4 Å². The number of carboxylic acids is 1. The number of piperidine rings is 1. The van der Waals surface area contributed by atoms with Gasteiger partial charge in [0.25, 0.3) is 0 Å². The summed E-state index contributed by atoms with van der Waals surface area (Å²) in [5, 5.41) is 21.5. The van der Waals surface area contributed by atoms with Crippen LogP contribution in [0.3, 0.4) is 0 Å². The van der Waals surface area contributed by atoms with Crippen LogP contribution in [0.25, 0.3) is 0 Å².